The van der Waals surface area contributed by atoms with Crippen LogP contribution in [0.25, 0.3) is 0 Å². The monoisotopic (exact) mass is 263 g/mol. The quantitative estimate of drug-likeness (QED) is 0.855. The molecule has 4 heteroatoms. The Labute approximate surface area is 114 Å². The lowest BCUT2D eigenvalue weighted by Crippen LogP contribution is -2.62. The maximum Gasteiger partial charge on any atom is 0.329 e. The molecule has 0 saturated carbocycles. The first-order chi connectivity index (χ1) is 9.04. The van der Waals surface area contributed by atoms with Crippen LogP contribution in [0, 0.1) is 0 Å². The zero-order valence-corrected chi connectivity index (χ0v) is 11.5. The van der Waals surface area contributed by atoms with Gasteiger partial charge >= 0.3 is 5.97 Å². The van der Waals surface area contributed by atoms with Gasteiger partial charge in [-0.05, 0) is 18.9 Å². The van der Waals surface area contributed by atoms with Crippen LogP contribution in [0.4, 0.5) is 0 Å². The van der Waals surface area contributed by atoms with Crippen molar-refractivity contribution in [3.63, 3.8) is 0 Å². The van der Waals surface area contributed by atoms with Crippen LogP contribution in [0.1, 0.15) is 31.9 Å². The lowest BCUT2D eigenvalue weighted by molar-refractivity contribution is -0.170. The minimum atomic E-state index is -0.908. The van der Waals surface area contributed by atoms with Crippen LogP contribution in [0.2, 0.25) is 0 Å². The summed E-state index contributed by atoms with van der Waals surface area (Å²) in [6.07, 6.45) is 1.04. The second-order valence-corrected chi connectivity index (χ2v) is 5.37. The number of carboxylic acids is 1. The lowest BCUT2D eigenvalue weighted by Gasteiger charge is -2.50. The molecule has 0 radical (unpaired) electrons. The average molecular weight is 263 g/mol. The first-order valence-corrected chi connectivity index (χ1v) is 6.69. The van der Waals surface area contributed by atoms with E-state index in [1.165, 1.54) is 5.56 Å². The third kappa shape index (κ3) is 3.33. The topological polar surface area (TPSA) is 49.8 Å². The van der Waals surface area contributed by atoms with Gasteiger partial charge in [0.1, 0.15) is 6.61 Å². The van der Waals surface area contributed by atoms with Crippen molar-refractivity contribution >= 4 is 5.97 Å². The van der Waals surface area contributed by atoms with E-state index >= 15 is 0 Å². The molecule has 0 aliphatic carbocycles. The highest BCUT2D eigenvalue weighted by Crippen LogP contribution is 2.34. The van der Waals surface area contributed by atoms with Crippen LogP contribution in [0.15, 0.2) is 30.3 Å². The Hall–Kier alpha value is -1.39. The van der Waals surface area contributed by atoms with E-state index in [9.17, 15) is 4.79 Å². The maximum absolute atomic E-state index is 10.5. The second kappa shape index (κ2) is 5.72. The lowest BCUT2D eigenvalue weighted by atomic mass is 9.90. The molecule has 2 rings (SSSR count). The first kappa shape index (κ1) is 14.0. The third-order valence-corrected chi connectivity index (χ3v) is 3.63. The minimum absolute atomic E-state index is 0.216. The van der Waals surface area contributed by atoms with Crippen molar-refractivity contribution in [2.75, 3.05) is 19.7 Å². The van der Waals surface area contributed by atoms with Gasteiger partial charge in [0.25, 0.3) is 0 Å². The van der Waals surface area contributed by atoms with E-state index in [4.69, 9.17) is 9.84 Å². The highest BCUT2D eigenvalue weighted by molar-refractivity contribution is 5.68. The summed E-state index contributed by atoms with van der Waals surface area (Å²) >= 11 is 0. The van der Waals surface area contributed by atoms with Gasteiger partial charge < -0.3 is 9.84 Å². The van der Waals surface area contributed by atoms with E-state index in [0.29, 0.717) is 6.04 Å². The molecule has 1 unspecified atom stereocenters. The van der Waals surface area contributed by atoms with Crippen molar-refractivity contribution < 1.29 is 14.6 Å². The third-order valence-electron chi connectivity index (χ3n) is 3.63. The largest absolute Gasteiger partial charge is 0.480 e. The molecule has 1 aromatic rings. The molecule has 0 aromatic heterocycles. The number of likely N-dealkylation sites (tertiary alicyclic amines) is 1. The molecule has 1 heterocycles. The van der Waals surface area contributed by atoms with Crippen molar-refractivity contribution in [3.05, 3.63) is 35.9 Å². The maximum atomic E-state index is 10.5. The average Bonchev–Trinajstić information content (AvgIpc) is 2.36. The molecule has 1 N–H and O–H groups in total. The summed E-state index contributed by atoms with van der Waals surface area (Å²) in [5.41, 5.74) is 0.992. The van der Waals surface area contributed by atoms with Gasteiger partial charge in [-0.25, -0.2) is 4.79 Å². The number of carboxylic acid groups (broad SMARTS) is 1. The van der Waals surface area contributed by atoms with Crippen LogP contribution in [0.5, 0.6) is 0 Å². The molecule has 1 saturated heterocycles. The van der Waals surface area contributed by atoms with Gasteiger partial charge in [0.2, 0.25) is 0 Å². The molecule has 19 heavy (non-hydrogen) atoms. The van der Waals surface area contributed by atoms with E-state index in [-0.39, 0.29) is 12.2 Å². The fourth-order valence-electron chi connectivity index (χ4n) is 2.74. The standard InChI is InChI=1S/C15H21NO3/c1-3-13(12-7-5-4-6-8-12)16-10-15(2,11-16)19-9-14(17)18/h4-8,13H,3,9-11H2,1-2H3,(H,17,18). The van der Waals surface area contributed by atoms with Gasteiger partial charge in [-0.2, -0.15) is 0 Å². The van der Waals surface area contributed by atoms with Gasteiger partial charge in [0.15, 0.2) is 0 Å². The molecule has 1 fully saturated rings. The highest BCUT2D eigenvalue weighted by Gasteiger charge is 2.43. The Morgan fingerprint density at radius 3 is 2.58 bits per heavy atom. The fraction of sp³-hybridized carbons (Fsp3) is 0.533. The van der Waals surface area contributed by atoms with E-state index in [1.54, 1.807) is 0 Å². The summed E-state index contributed by atoms with van der Waals surface area (Å²) in [6, 6.07) is 10.8. The molecule has 0 amide bonds. The summed E-state index contributed by atoms with van der Waals surface area (Å²) < 4.78 is 5.45. The molecule has 1 aromatic carbocycles. The van der Waals surface area contributed by atoms with Gasteiger partial charge in [0.05, 0.1) is 5.60 Å². The van der Waals surface area contributed by atoms with E-state index < -0.39 is 5.97 Å². The molecule has 1 atom stereocenters. The fourth-order valence-corrected chi connectivity index (χ4v) is 2.74. The van der Waals surface area contributed by atoms with Crippen LogP contribution >= 0.6 is 0 Å². The Balaban J connectivity index is 1.93. The zero-order chi connectivity index (χ0) is 13.9. The number of aliphatic carboxylic acids is 1. The molecule has 104 valence electrons. The number of nitrogens with zero attached hydrogens (tertiary/aromatic N) is 1. The summed E-state index contributed by atoms with van der Waals surface area (Å²) in [4.78, 5) is 12.9. The summed E-state index contributed by atoms with van der Waals surface area (Å²) in [6.45, 7) is 5.50. The summed E-state index contributed by atoms with van der Waals surface area (Å²) in [5, 5.41) is 8.66. The van der Waals surface area contributed by atoms with Crippen LogP contribution < -0.4 is 0 Å². The molecule has 1 aliphatic rings. The highest BCUT2D eigenvalue weighted by atomic mass is 16.5. The number of carbonyl (C=O) groups is 1. The summed E-state index contributed by atoms with van der Waals surface area (Å²) in [7, 11) is 0. The van der Waals surface area contributed by atoms with Gasteiger partial charge in [-0.3, -0.25) is 4.90 Å². The Morgan fingerprint density at radius 1 is 1.42 bits per heavy atom. The smallest absolute Gasteiger partial charge is 0.329 e. The molecule has 4 nitrogen and oxygen atoms in total. The predicted octanol–water partition coefficient (Wildman–Crippen LogP) is 2.31. The van der Waals surface area contributed by atoms with Crippen molar-refractivity contribution in [2.24, 2.45) is 0 Å². The van der Waals surface area contributed by atoms with Gasteiger partial charge in [0, 0.05) is 19.1 Å². The number of hydrogen-bond acceptors (Lipinski definition) is 3. The molecule has 1 aliphatic heterocycles. The van der Waals surface area contributed by atoms with Crippen molar-refractivity contribution in [1.29, 1.82) is 0 Å². The minimum Gasteiger partial charge on any atom is -0.480 e. The molecular formula is C15H21NO3. The van der Waals surface area contributed by atoms with Crippen molar-refractivity contribution in [1.82, 2.24) is 4.90 Å². The molecule has 0 bridgehead atoms. The summed E-state index contributed by atoms with van der Waals surface area (Å²) in [5.74, 6) is -0.908. The number of rotatable bonds is 6. The normalized spacial score (nSPS) is 19.7. The molecular weight excluding hydrogens is 242 g/mol. The first-order valence-electron chi connectivity index (χ1n) is 6.69. The van der Waals surface area contributed by atoms with Crippen molar-refractivity contribution in [2.45, 2.75) is 31.9 Å². The van der Waals surface area contributed by atoms with E-state index in [0.717, 1.165) is 19.5 Å². The van der Waals surface area contributed by atoms with Crippen LogP contribution in [-0.4, -0.2) is 41.3 Å². The number of benzene rings is 1. The SMILES string of the molecule is CCC(c1ccccc1)N1CC(C)(OCC(=O)O)C1. The Bertz CT molecular complexity index is 426. The van der Waals surface area contributed by atoms with Crippen LogP contribution in [0.3, 0.4) is 0 Å². The number of ether oxygens (including phenoxy) is 1. The van der Waals surface area contributed by atoms with Crippen LogP contribution in [-0.2, 0) is 9.53 Å². The van der Waals surface area contributed by atoms with Gasteiger partial charge in [-0.15, -0.1) is 0 Å². The molecule has 0 spiro atoms. The number of hydrogen-bond donors (Lipinski definition) is 1. The second-order valence-electron chi connectivity index (χ2n) is 5.37. The Kier molecular flexibility index (Phi) is 4.22. The Morgan fingerprint density at radius 2 is 2.05 bits per heavy atom. The predicted molar refractivity (Wildman–Crippen MR) is 73.0 cm³/mol. The van der Waals surface area contributed by atoms with E-state index in [1.807, 2.05) is 13.0 Å². The van der Waals surface area contributed by atoms with Gasteiger partial charge in [-0.1, -0.05) is 37.3 Å². The zero-order valence-electron chi connectivity index (χ0n) is 11.5. The van der Waals surface area contributed by atoms with Crippen molar-refractivity contribution in [3.8, 4) is 0 Å². The van der Waals surface area contributed by atoms with E-state index in [2.05, 4.69) is 36.1 Å².